The van der Waals surface area contributed by atoms with Gasteiger partial charge >= 0.3 is 0 Å². The van der Waals surface area contributed by atoms with Gasteiger partial charge in [-0.05, 0) is 54.3 Å². The lowest BCUT2D eigenvalue weighted by Crippen LogP contribution is -2.28. The molecule has 28 heavy (non-hydrogen) atoms. The number of aliphatic hydroxyl groups is 1. The monoisotopic (exact) mass is 382 g/mol. The Bertz CT molecular complexity index is 762. The molecule has 2 aliphatic heterocycles. The lowest BCUT2D eigenvalue weighted by Gasteiger charge is -2.27. The van der Waals surface area contributed by atoms with E-state index in [2.05, 4.69) is 53.2 Å². The van der Waals surface area contributed by atoms with Crippen LogP contribution in [0.4, 0.5) is 0 Å². The zero-order valence-electron chi connectivity index (χ0n) is 16.8. The Hall–Kier alpha value is -2.08. The minimum atomic E-state index is 0.0438. The van der Waals surface area contributed by atoms with Crippen molar-refractivity contribution in [3.05, 3.63) is 59.7 Å². The molecule has 2 heterocycles. The SMILES string of the molecule is COc1ccc([C@H]2[C@@H]3CN(Cc4ccc(OCCO)cc4)C[C@@H]3CN2C)cc1. The predicted molar refractivity (Wildman–Crippen MR) is 110 cm³/mol. The zero-order valence-corrected chi connectivity index (χ0v) is 16.8. The summed E-state index contributed by atoms with van der Waals surface area (Å²) >= 11 is 0. The highest BCUT2D eigenvalue weighted by Gasteiger charge is 2.45. The van der Waals surface area contributed by atoms with Crippen LogP contribution in [0.25, 0.3) is 0 Å². The third-order valence-corrected chi connectivity index (χ3v) is 6.12. The number of rotatable bonds is 7. The topological polar surface area (TPSA) is 45.2 Å². The zero-order chi connectivity index (χ0) is 19.5. The molecule has 150 valence electrons. The summed E-state index contributed by atoms with van der Waals surface area (Å²) in [5, 5.41) is 8.86. The van der Waals surface area contributed by atoms with Gasteiger partial charge in [0.15, 0.2) is 0 Å². The van der Waals surface area contributed by atoms with Crippen LogP contribution in [0.15, 0.2) is 48.5 Å². The van der Waals surface area contributed by atoms with Crippen molar-refractivity contribution in [3.63, 3.8) is 0 Å². The first-order chi connectivity index (χ1) is 13.7. The van der Waals surface area contributed by atoms with Gasteiger partial charge in [-0.2, -0.15) is 0 Å². The van der Waals surface area contributed by atoms with Crippen LogP contribution in [-0.2, 0) is 6.54 Å². The van der Waals surface area contributed by atoms with E-state index in [9.17, 15) is 0 Å². The summed E-state index contributed by atoms with van der Waals surface area (Å²) in [6.45, 7) is 4.81. The van der Waals surface area contributed by atoms with Crippen molar-refractivity contribution >= 4 is 0 Å². The van der Waals surface area contributed by atoms with Gasteiger partial charge in [0.05, 0.1) is 13.7 Å². The van der Waals surface area contributed by atoms with Gasteiger partial charge in [-0.3, -0.25) is 9.80 Å². The van der Waals surface area contributed by atoms with Crippen molar-refractivity contribution in [3.8, 4) is 11.5 Å². The quantitative estimate of drug-likeness (QED) is 0.798. The largest absolute Gasteiger partial charge is 0.497 e. The van der Waals surface area contributed by atoms with E-state index < -0.39 is 0 Å². The Morgan fingerprint density at radius 2 is 1.68 bits per heavy atom. The minimum Gasteiger partial charge on any atom is -0.497 e. The molecule has 0 radical (unpaired) electrons. The van der Waals surface area contributed by atoms with E-state index in [-0.39, 0.29) is 6.61 Å². The van der Waals surface area contributed by atoms with Crippen LogP contribution in [0.3, 0.4) is 0 Å². The average molecular weight is 383 g/mol. The molecule has 0 aliphatic carbocycles. The third-order valence-electron chi connectivity index (χ3n) is 6.12. The molecule has 0 spiro atoms. The van der Waals surface area contributed by atoms with Gasteiger partial charge in [-0.1, -0.05) is 24.3 Å². The standard InChI is InChI=1S/C23H30N2O3/c1-24-14-19-15-25(13-17-3-7-21(8-4-17)28-12-11-26)16-22(19)23(24)18-5-9-20(27-2)10-6-18/h3-10,19,22-23,26H,11-16H2,1-2H3/t19-,22+,23-/m0/s1. The first-order valence-corrected chi connectivity index (χ1v) is 10.1. The van der Waals surface area contributed by atoms with Crippen LogP contribution in [0, 0.1) is 11.8 Å². The van der Waals surface area contributed by atoms with Crippen molar-refractivity contribution in [1.29, 1.82) is 0 Å². The van der Waals surface area contributed by atoms with Gasteiger partial charge in [0.25, 0.3) is 0 Å². The molecule has 2 aromatic carbocycles. The number of fused-ring (bicyclic) bond motifs is 1. The van der Waals surface area contributed by atoms with Crippen molar-refractivity contribution in [2.24, 2.45) is 11.8 Å². The maximum absolute atomic E-state index is 8.86. The highest BCUT2D eigenvalue weighted by Crippen LogP contribution is 2.44. The maximum Gasteiger partial charge on any atom is 0.119 e. The Kier molecular flexibility index (Phi) is 5.85. The van der Waals surface area contributed by atoms with Gasteiger partial charge < -0.3 is 14.6 Å². The Balaban J connectivity index is 1.39. The number of benzene rings is 2. The summed E-state index contributed by atoms with van der Waals surface area (Å²) in [6.07, 6.45) is 0. The molecular weight excluding hydrogens is 352 g/mol. The summed E-state index contributed by atoms with van der Waals surface area (Å²) in [6, 6.07) is 17.3. The highest BCUT2D eigenvalue weighted by atomic mass is 16.5. The Morgan fingerprint density at radius 3 is 2.36 bits per heavy atom. The number of hydrogen-bond acceptors (Lipinski definition) is 5. The molecule has 2 aromatic rings. The summed E-state index contributed by atoms with van der Waals surface area (Å²) in [7, 11) is 3.97. The molecule has 2 saturated heterocycles. The second-order valence-corrected chi connectivity index (χ2v) is 7.99. The molecular formula is C23H30N2O3. The van der Waals surface area contributed by atoms with Crippen molar-refractivity contribution in [2.75, 3.05) is 47.0 Å². The van der Waals surface area contributed by atoms with E-state index >= 15 is 0 Å². The molecule has 0 aromatic heterocycles. The molecule has 2 aliphatic rings. The van der Waals surface area contributed by atoms with E-state index in [1.54, 1.807) is 7.11 Å². The number of methoxy groups -OCH3 is 1. The Morgan fingerprint density at radius 1 is 0.964 bits per heavy atom. The lowest BCUT2D eigenvalue weighted by molar-refractivity contribution is 0.201. The second kappa shape index (κ2) is 8.52. The lowest BCUT2D eigenvalue weighted by atomic mass is 9.89. The fraction of sp³-hybridized carbons (Fsp3) is 0.478. The van der Waals surface area contributed by atoms with Crippen LogP contribution in [0.5, 0.6) is 11.5 Å². The van der Waals surface area contributed by atoms with E-state index in [0.29, 0.717) is 18.6 Å². The molecule has 0 saturated carbocycles. The summed E-state index contributed by atoms with van der Waals surface area (Å²) < 4.78 is 10.8. The van der Waals surface area contributed by atoms with Gasteiger partial charge in [0, 0.05) is 32.2 Å². The average Bonchev–Trinajstić information content (AvgIpc) is 3.23. The van der Waals surface area contributed by atoms with Crippen LogP contribution in [-0.4, -0.2) is 61.9 Å². The summed E-state index contributed by atoms with van der Waals surface area (Å²) in [5.41, 5.74) is 2.70. The summed E-state index contributed by atoms with van der Waals surface area (Å²) in [5.74, 6) is 3.13. The minimum absolute atomic E-state index is 0.0438. The van der Waals surface area contributed by atoms with Crippen molar-refractivity contribution in [1.82, 2.24) is 9.80 Å². The molecule has 4 rings (SSSR count). The molecule has 0 bridgehead atoms. The van der Waals surface area contributed by atoms with Crippen LogP contribution < -0.4 is 9.47 Å². The molecule has 1 N–H and O–H groups in total. The normalized spacial score (nSPS) is 25.0. The van der Waals surface area contributed by atoms with Crippen LogP contribution >= 0.6 is 0 Å². The smallest absolute Gasteiger partial charge is 0.119 e. The number of hydrogen-bond donors (Lipinski definition) is 1. The molecule has 2 fully saturated rings. The maximum atomic E-state index is 8.86. The van der Waals surface area contributed by atoms with E-state index in [1.165, 1.54) is 11.1 Å². The molecule has 0 unspecified atom stereocenters. The van der Waals surface area contributed by atoms with Crippen LogP contribution in [0.2, 0.25) is 0 Å². The number of nitrogens with zero attached hydrogens (tertiary/aromatic N) is 2. The number of aliphatic hydroxyl groups excluding tert-OH is 1. The van der Waals surface area contributed by atoms with Crippen LogP contribution in [0.1, 0.15) is 17.2 Å². The predicted octanol–water partition coefficient (Wildman–Crippen LogP) is 2.80. The van der Waals surface area contributed by atoms with Gasteiger partial charge in [0.1, 0.15) is 18.1 Å². The fourth-order valence-electron chi connectivity index (χ4n) is 4.89. The summed E-state index contributed by atoms with van der Waals surface area (Å²) in [4.78, 5) is 5.10. The van der Waals surface area contributed by atoms with E-state index in [4.69, 9.17) is 14.6 Å². The number of likely N-dealkylation sites (tertiary alicyclic amines) is 2. The van der Waals surface area contributed by atoms with E-state index in [1.807, 2.05) is 12.1 Å². The van der Waals surface area contributed by atoms with Gasteiger partial charge in [-0.25, -0.2) is 0 Å². The molecule has 3 atom stereocenters. The van der Waals surface area contributed by atoms with Crippen molar-refractivity contribution in [2.45, 2.75) is 12.6 Å². The fourth-order valence-corrected chi connectivity index (χ4v) is 4.89. The molecule has 5 heteroatoms. The van der Waals surface area contributed by atoms with Crippen molar-refractivity contribution < 1.29 is 14.6 Å². The molecule has 0 amide bonds. The molecule has 5 nitrogen and oxygen atoms in total. The number of ether oxygens (including phenoxy) is 2. The third kappa shape index (κ3) is 4.02. The van der Waals surface area contributed by atoms with Gasteiger partial charge in [0.2, 0.25) is 0 Å². The first kappa shape index (κ1) is 19.2. The Labute approximate surface area is 167 Å². The first-order valence-electron chi connectivity index (χ1n) is 10.1. The van der Waals surface area contributed by atoms with Gasteiger partial charge in [-0.15, -0.1) is 0 Å². The van der Waals surface area contributed by atoms with E-state index in [0.717, 1.165) is 43.6 Å². The second-order valence-electron chi connectivity index (χ2n) is 7.99. The highest BCUT2D eigenvalue weighted by molar-refractivity contribution is 5.31.